The molecule has 1 fully saturated rings. The van der Waals surface area contributed by atoms with Crippen LogP contribution in [0.3, 0.4) is 0 Å². The van der Waals surface area contributed by atoms with Gasteiger partial charge in [0.2, 0.25) is 0 Å². The molecule has 7 heteroatoms. The fourth-order valence-corrected chi connectivity index (χ4v) is 3.76. The van der Waals surface area contributed by atoms with E-state index < -0.39 is 35.6 Å². The number of urea groups is 1. The van der Waals surface area contributed by atoms with Crippen molar-refractivity contribution in [3.05, 3.63) is 77.6 Å². The molecule has 1 atom stereocenters. The number of benzene rings is 3. The van der Waals surface area contributed by atoms with E-state index in [-0.39, 0.29) is 11.3 Å². The van der Waals surface area contributed by atoms with Crippen LogP contribution in [0.15, 0.2) is 60.7 Å². The van der Waals surface area contributed by atoms with Gasteiger partial charge in [-0.1, -0.05) is 42.5 Å². The summed E-state index contributed by atoms with van der Waals surface area (Å²) in [6.45, 7) is 1.13. The maximum atomic E-state index is 13.9. The number of fused-ring (bicyclic) bond motifs is 1. The minimum atomic E-state index is -1.32. The molecule has 3 aromatic rings. The average molecular weight is 406 g/mol. The molecule has 1 aliphatic rings. The number of imide groups is 1. The fraction of sp³-hybridized carbons (Fsp3) is 0.174. The van der Waals surface area contributed by atoms with Gasteiger partial charge in [0, 0.05) is 5.56 Å². The molecule has 1 N–H and O–H groups in total. The van der Waals surface area contributed by atoms with E-state index in [9.17, 15) is 18.8 Å². The molecule has 0 bridgehead atoms. The Morgan fingerprint density at radius 1 is 1.10 bits per heavy atom. The van der Waals surface area contributed by atoms with Crippen LogP contribution in [-0.2, 0) is 10.3 Å². The molecule has 0 radical (unpaired) electrons. The van der Waals surface area contributed by atoms with Gasteiger partial charge in [0.15, 0.2) is 17.3 Å². The first-order chi connectivity index (χ1) is 14.3. The van der Waals surface area contributed by atoms with Crippen LogP contribution in [-0.4, -0.2) is 36.3 Å². The molecule has 152 valence electrons. The first kappa shape index (κ1) is 19.6. The van der Waals surface area contributed by atoms with Crippen molar-refractivity contribution >= 4 is 28.5 Å². The van der Waals surface area contributed by atoms with E-state index >= 15 is 0 Å². The van der Waals surface area contributed by atoms with Gasteiger partial charge in [-0.15, -0.1) is 0 Å². The Hall–Kier alpha value is -3.74. The number of hydrogen-bond acceptors (Lipinski definition) is 4. The van der Waals surface area contributed by atoms with E-state index in [0.29, 0.717) is 5.56 Å². The number of carbonyl (C=O) groups is 3. The second-order valence-electron chi connectivity index (χ2n) is 7.25. The summed E-state index contributed by atoms with van der Waals surface area (Å²) >= 11 is 0. The minimum Gasteiger partial charge on any atom is -0.494 e. The molecule has 4 rings (SSSR count). The molecule has 0 spiro atoms. The average Bonchev–Trinajstić information content (AvgIpc) is 2.97. The molecule has 0 saturated carbocycles. The predicted molar refractivity (Wildman–Crippen MR) is 109 cm³/mol. The van der Waals surface area contributed by atoms with E-state index in [1.165, 1.54) is 19.2 Å². The molecule has 0 unspecified atom stereocenters. The SMILES string of the molecule is COc1ccc(C(=O)CN2C(=O)N[C@@](C)(c3cccc4ccccc34)C2=O)cc1F. The summed E-state index contributed by atoms with van der Waals surface area (Å²) < 4.78 is 18.8. The number of amides is 3. The number of ketones is 1. The molecular formula is C23H19FN2O4. The van der Waals surface area contributed by atoms with E-state index in [0.717, 1.165) is 21.7 Å². The topological polar surface area (TPSA) is 75.7 Å². The summed E-state index contributed by atoms with van der Waals surface area (Å²) in [5, 5.41) is 4.48. The number of nitrogens with one attached hydrogen (secondary N) is 1. The molecule has 3 amide bonds. The van der Waals surface area contributed by atoms with E-state index in [2.05, 4.69) is 5.32 Å². The minimum absolute atomic E-state index is 0.00470. The second-order valence-corrected chi connectivity index (χ2v) is 7.25. The number of rotatable bonds is 5. The maximum absolute atomic E-state index is 13.9. The first-order valence-corrected chi connectivity index (χ1v) is 9.34. The Kier molecular flexibility index (Phi) is 4.73. The van der Waals surface area contributed by atoms with Crippen molar-refractivity contribution in [1.82, 2.24) is 10.2 Å². The largest absolute Gasteiger partial charge is 0.494 e. The lowest BCUT2D eigenvalue weighted by atomic mass is 9.88. The third kappa shape index (κ3) is 3.08. The highest BCUT2D eigenvalue weighted by Gasteiger charge is 2.50. The smallest absolute Gasteiger partial charge is 0.325 e. The maximum Gasteiger partial charge on any atom is 0.325 e. The zero-order valence-corrected chi connectivity index (χ0v) is 16.4. The molecule has 1 aliphatic heterocycles. The molecule has 30 heavy (non-hydrogen) atoms. The van der Waals surface area contributed by atoms with Gasteiger partial charge in [0.1, 0.15) is 5.54 Å². The van der Waals surface area contributed by atoms with E-state index in [1.807, 2.05) is 36.4 Å². The summed E-state index contributed by atoms with van der Waals surface area (Å²) in [6, 6.07) is 16.2. The van der Waals surface area contributed by atoms with Crippen LogP contribution < -0.4 is 10.1 Å². The standard InChI is InChI=1S/C23H19FN2O4/c1-23(17-9-5-7-14-6-3-4-8-16(14)17)21(28)26(22(29)25-23)13-19(27)15-10-11-20(30-2)18(24)12-15/h3-12H,13H2,1-2H3,(H,25,29)/t23-/m0/s1. The number of nitrogens with zero attached hydrogens (tertiary/aromatic N) is 1. The Labute approximate surface area is 172 Å². The van der Waals surface area contributed by atoms with Crippen molar-refractivity contribution in [2.75, 3.05) is 13.7 Å². The third-order valence-electron chi connectivity index (χ3n) is 5.38. The first-order valence-electron chi connectivity index (χ1n) is 9.34. The summed E-state index contributed by atoms with van der Waals surface area (Å²) in [5.74, 6) is -1.78. The Morgan fingerprint density at radius 3 is 2.57 bits per heavy atom. The number of hydrogen-bond donors (Lipinski definition) is 1. The normalized spacial score (nSPS) is 18.6. The summed E-state index contributed by atoms with van der Waals surface area (Å²) in [6.07, 6.45) is 0. The number of ether oxygens (including phenoxy) is 1. The van der Waals surface area contributed by atoms with E-state index in [4.69, 9.17) is 4.74 Å². The fourth-order valence-electron chi connectivity index (χ4n) is 3.76. The van der Waals surface area contributed by atoms with Gasteiger partial charge in [-0.05, 0) is 41.5 Å². The van der Waals surface area contributed by atoms with Gasteiger partial charge in [-0.3, -0.25) is 14.5 Å². The molecule has 6 nitrogen and oxygen atoms in total. The Morgan fingerprint density at radius 2 is 1.83 bits per heavy atom. The van der Waals surface area contributed by atoms with Crippen molar-refractivity contribution in [2.24, 2.45) is 0 Å². The lowest BCUT2D eigenvalue weighted by Crippen LogP contribution is -2.41. The van der Waals surface area contributed by atoms with Crippen molar-refractivity contribution in [3.63, 3.8) is 0 Å². The van der Waals surface area contributed by atoms with Crippen LogP contribution >= 0.6 is 0 Å². The number of halogens is 1. The van der Waals surface area contributed by atoms with Gasteiger partial charge in [-0.25, -0.2) is 9.18 Å². The van der Waals surface area contributed by atoms with E-state index in [1.54, 1.807) is 13.0 Å². The molecule has 1 saturated heterocycles. The van der Waals surface area contributed by atoms with Gasteiger partial charge in [-0.2, -0.15) is 0 Å². The van der Waals surface area contributed by atoms with Gasteiger partial charge in [0.05, 0.1) is 13.7 Å². The summed E-state index contributed by atoms with van der Waals surface area (Å²) in [5.41, 5.74) is -0.624. The van der Waals surface area contributed by atoms with Crippen molar-refractivity contribution in [3.8, 4) is 5.75 Å². The van der Waals surface area contributed by atoms with Crippen molar-refractivity contribution in [2.45, 2.75) is 12.5 Å². The second kappa shape index (κ2) is 7.26. The van der Waals surface area contributed by atoms with Crippen molar-refractivity contribution in [1.29, 1.82) is 0 Å². The zero-order chi connectivity index (χ0) is 21.5. The third-order valence-corrected chi connectivity index (χ3v) is 5.38. The monoisotopic (exact) mass is 406 g/mol. The van der Waals surface area contributed by atoms with Gasteiger partial charge in [0.25, 0.3) is 5.91 Å². The number of carbonyl (C=O) groups excluding carboxylic acids is 3. The lowest BCUT2D eigenvalue weighted by Gasteiger charge is -2.24. The summed E-state index contributed by atoms with van der Waals surface area (Å²) in [7, 11) is 1.32. The zero-order valence-electron chi connectivity index (χ0n) is 16.4. The van der Waals surface area contributed by atoms with Crippen LogP contribution in [0.2, 0.25) is 0 Å². The van der Waals surface area contributed by atoms with Crippen LogP contribution in [0.25, 0.3) is 10.8 Å². The Bertz CT molecular complexity index is 1190. The number of Topliss-reactive ketones (excluding diaryl/α,β-unsaturated/α-hetero) is 1. The molecule has 3 aromatic carbocycles. The molecule has 0 aromatic heterocycles. The van der Waals surface area contributed by atoms with Crippen LogP contribution in [0.4, 0.5) is 9.18 Å². The van der Waals surface area contributed by atoms with Gasteiger partial charge < -0.3 is 10.1 Å². The highest BCUT2D eigenvalue weighted by Crippen LogP contribution is 2.34. The van der Waals surface area contributed by atoms with Crippen LogP contribution in [0.1, 0.15) is 22.8 Å². The molecule has 0 aliphatic carbocycles. The summed E-state index contributed by atoms with van der Waals surface area (Å²) in [4.78, 5) is 39.3. The molecule has 1 heterocycles. The number of methoxy groups -OCH3 is 1. The predicted octanol–water partition coefficient (Wildman–Crippen LogP) is 3.64. The highest BCUT2D eigenvalue weighted by molar-refractivity contribution is 6.12. The van der Waals surface area contributed by atoms with Crippen LogP contribution in [0, 0.1) is 5.82 Å². The van der Waals surface area contributed by atoms with Crippen LogP contribution in [0.5, 0.6) is 5.75 Å². The van der Waals surface area contributed by atoms with Gasteiger partial charge >= 0.3 is 6.03 Å². The van der Waals surface area contributed by atoms with Crippen molar-refractivity contribution < 1.29 is 23.5 Å². The molecular weight excluding hydrogens is 387 g/mol. The quantitative estimate of drug-likeness (QED) is 0.519. The highest BCUT2D eigenvalue weighted by atomic mass is 19.1. The Balaban J connectivity index is 1.64. The lowest BCUT2D eigenvalue weighted by molar-refractivity contribution is -0.130.